The van der Waals surface area contributed by atoms with Gasteiger partial charge in [0, 0.05) is 31.0 Å². The first-order chi connectivity index (χ1) is 13.0. The van der Waals surface area contributed by atoms with Crippen LogP contribution in [-0.2, 0) is 19.6 Å². The Morgan fingerprint density at radius 2 is 2.07 bits per heavy atom. The van der Waals surface area contributed by atoms with Crippen LogP contribution < -0.4 is 5.32 Å². The predicted molar refractivity (Wildman–Crippen MR) is 116 cm³/mol. The van der Waals surface area contributed by atoms with Gasteiger partial charge in [-0.1, -0.05) is 29.8 Å². The number of hydrogen-bond donors (Lipinski definition) is 1. The summed E-state index contributed by atoms with van der Waals surface area (Å²) in [6, 6.07) is 7.74. The largest absolute Gasteiger partial charge is 0.346 e. The van der Waals surface area contributed by atoms with E-state index in [-0.39, 0.29) is 0 Å². The van der Waals surface area contributed by atoms with E-state index in [0.29, 0.717) is 18.2 Å². The van der Waals surface area contributed by atoms with E-state index < -0.39 is 0 Å². The molecule has 27 heavy (non-hydrogen) atoms. The minimum atomic E-state index is 0.602. The van der Waals surface area contributed by atoms with E-state index in [0.717, 1.165) is 33.0 Å². The normalized spacial score (nSPS) is 10.8. The molecule has 1 aromatic carbocycles. The molecule has 0 unspecified atom stereocenters. The van der Waals surface area contributed by atoms with Gasteiger partial charge in [-0.25, -0.2) is 0 Å². The highest BCUT2D eigenvalue weighted by Crippen LogP contribution is 2.18. The van der Waals surface area contributed by atoms with Gasteiger partial charge in [-0.05, 0) is 46.7 Å². The summed E-state index contributed by atoms with van der Waals surface area (Å²) in [6.45, 7) is 4.09. The first kappa shape index (κ1) is 19.9. The Bertz CT molecular complexity index is 938. The van der Waals surface area contributed by atoms with Gasteiger partial charge in [-0.2, -0.15) is 10.2 Å². The summed E-state index contributed by atoms with van der Waals surface area (Å²) in [5.74, 6) is 0. The Morgan fingerprint density at radius 1 is 1.30 bits per heavy atom. The number of benzene rings is 1. The van der Waals surface area contributed by atoms with E-state index in [1.54, 1.807) is 6.20 Å². The second kappa shape index (κ2) is 8.86. The Kier molecular flexibility index (Phi) is 6.51. The van der Waals surface area contributed by atoms with Crippen LogP contribution in [0.2, 0.25) is 5.02 Å². The van der Waals surface area contributed by atoms with E-state index in [1.807, 2.05) is 58.0 Å². The first-order valence-electron chi connectivity index (χ1n) is 8.46. The molecule has 0 bridgehead atoms. The average Bonchev–Trinajstić information content (AvgIpc) is 3.23. The summed E-state index contributed by atoms with van der Waals surface area (Å²) in [7, 11) is 1.93. The highest BCUT2D eigenvalue weighted by molar-refractivity contribution is 9.10. The molecule has 0 aliphatic carbocycles. The molecule has 6 nitrogen and oxygen atoms in total. The maximum atomic E-state index is 6.21. The molecule has 3 aromatic rings. The van der Waals surface area contributed by atoms with Crippen LogP contribution in [0, 0.1) is 0 Å². The number of anilines is 1. The Morgan fingerprint density at radius 3 is 2.78 bits per heavy atom. The summed E-state index contributed by atoms with van der Waals surface area (Å²) < 4.78 is 4.69. The summed E-state index contributed by atoms with van der Waals surface area (Å²) in [6.07, 6.45) is 5.63. The molecule has 0 aliphatic rings. The van der Waals surface area contributed by atoms with Crippen molar-refractivity contribution >= 4 is 50.5 Å². The van der Waals surface area contributed by atoms with E-state index in [1.165, 1.54) is 0 Å². The van der Waals surface area contributed by atoms with E-state index in [4.69, 9.17) is 23.8 Å². The van der Waals surface area contributed by atoms with Crippen LogP contribution in [-0.4, -0.2) is 36.6 Å². The number of aromatic nitrogens is 4. The lowest BCUT2D eigenvalue weighted by molar-refractivity contribution is 0.491. The van der Waals surface area contributed by atoms with Crippen LogP contribution in [0.1, 0.15) is 18.2 Å². The molecular weight excluding hydrogens is 448 g/mol. The van der Waals surface area contributed by atoms with Crippen molar-refractivity contribution in [3.8, 4) is 0 Å². The molecule has 2 heterocycles. The smallest absolute Gasteiger partial charge is 0.173 e. The number of nitrogens with zero attached hydrogens (tertiary/aromatic N) is 5. The summed E-state index contributed by atoms with van der Waals surface area (Å²) >= 11 is 15.3. The molecule has 0 aliphatic heterocycles. The highest BCUT2D eigenvalue weighted by Gasteiger charge is 2.12. The number of aryl methyl sites for hydroxylation is 1. The highest BCUT2D eigenvalue weighted by atomic mass is 79.9. The fourth-order valence-corrected chi connectivity index (χ4v) is 3.36. The average molecular weight is 468 g/mol. The molecule has 142 valence electrons. The van der Waals surface area contributed by atoms with Crippen molar-refractivity contribution in [2.75, 3.05) is 12.4 Å². The van der Waals surface area contributed by atoms with Crippen LogP contribution in [0.15, 0.2) is 47.3 Å². The number of nitrogens with one attached hydrogen (secondary N) is 1. The van der Waals surface area contributed by atoms with Crippen LogP contribution in [0.4, 0.5) is 5.69 Å². The summed E-state index contributed by atoms with van der Waals surface area (Å²) in [5.41, 5.74) is 2.79. The quantitative estimate of drug-likeness (QED) is 0.545. The van der Waals surface area contributed by atoms with Crippen LogP contribution in [0.25, 0.3) is 0 Å². The molecular formula is C18H20BrClN6S. The zero-order valence-electron chi connectivity index (χ0n) is 15.1. The molecule has 0 radical (unpaired) electrons. The molecule has 9 heteroatoms. The zero-order valence-corrected chi connectivity index (χ0v) is 18.2. The molecule has 0 spiro atoms. The molecule has 0 atom stereocenters. The monoisotopic (exact) mass is 466 g/mol. The third kappa shape index (κ3) is 5.09. The second-order valence-electron chi connectivity index (χ2n) is 6.08. The lowest BCUT2D eigenvalue weighted by Crippen LogP contribution is -2.30. The van der Waals surface area contributed by atoms with Gasteiger partial charge in [-0.15, -0.1) is 0 Å². The molecule has 2 aromatic heterocycles. The van der Waals surface area contributed by atoms with Crippen molar-refractivity contribution < 1.29 is 0 Å². The lowest BCUT2D eigenvalue weighted by Gasteiger charge is -2.19. The SMILES string of the molecule is CCn1cc(Br)c(CN(C)C(=S)Nc2cnn(Cc3ccccc3Cl)c2)n1. The lowest BCUT2D eigenvalue weighted by atomic mass is 10.2. The standard InChI is InChI=1S/C18H20BrClN6S/c1-3-25-11-15(19)17(23-25)12-24(2)18(27)22-14-8-21-26(10-14)9-13-6-4-5-7-16(13)20/h4-8,10-11H,3,9,12H2,1-2H3,(H,22,27). The van der Waals surface area contributed by atoms with Crippen molar-refractivity contribution in [1.82, 2.24) is 24.5 Å². The van der Waals surface area contributed by atoms with Gasteiger partial charge in [0.2, 0.25) is 0 Å². The van der Waals surface area contributed by atoms with Crippen molar-refractivity contribution in [3.63, 3.8) is 0 Å². The predicted octanol–water partition coefficient (Wildman–Crippen LogP) is 4.39. The minimum Gasteiger partial charge on any atom is -0.346 e. The third-order valence-corrected chi connectivity index (χ3v) is 5.46. The van der Waals surface area contributed by atoms with Gasteiger partial charge < -0.3 is 10.2 Å². The van der Waals surface area contributed by atoms with Gasteiger partial charge in [0.15, 0.2) is 5.11 Å². The van der Waals surface area contributed by atoms with Crippen molar-refractivity contribution in [1.29, 1.82) is 0 Å². The minimum absolute atomic E-state index is 0.602. The number of rotatable bonds is 6. The van der Waals surface area contributed by atoms with Gasteiger partial charge >= 0.3 is 0 Å². The molecule has 0 saturated heterocycles. The van der Waals surface area contributed by atoms with Crippen LogP contribution in [0.3, 0.4) is 0 Å². The summed E-state index contributed by atoms with van der Waals surface area (Å²) in [5, 5.41) is 13.4. The Labute approximate surface area is 177 Å². The molecule has 1 N–H and O–H groups in total. The first-order valence-corrected chi connectivity index (χ1v) is 10.0. The maximum absolute atomic E-state index is 6.21. The molecule has 0 amide bonds. The van der Waals surface area contributed by atoms with Gasteiger partial charge in [0.1, 0.15) is 0 Å². The van der Waals surface area contributed by atoms with Gasteiger partial charge in [-0.3, -0.25) is 9.36 Å². The van der Waals surface area contributed by atoms with Crippen LogP contribution >= 0.6 is 39.7 Å². The summed E-state index contributed by atoms with van der Waals surface area (Å²) in [4.78, 5) is 1.94. The molecule has 3 rings (SSSR count). The van der Waals surface area contributed by atoms with E-state index in [9.17, 15) is 0 Å². The second-order valence-corrected chi connectivity index (χ2v) is 7.73. The topological polar surface area (TPSA) is 50.9 Å². The number of halogens is 2. The molecule has 0 fully saturated rings. The van der Waals surface area contributed by atoms with E-state index >= 15 is 0 Å². The van der Waals surface area contributed by atoms with Gasteiger partial charge in [0.25, 0.3) is 0 Å². The fourth-order valence-electron chi connectivity index (χ4n) is 2.54. The zero-order chi connectivity index (χ0) is 19.4. The van der Waals surface area contributed by atoms with Crippen molar-refractivity contribution in [3.05, 3.63) is 63.6 Å². The Hall–Kier alpha value is -1.90. The van der Waals surface area contributed by atoms with Crippen molar-refractivity contribution in [2.24, 2.45) is 0 Å². The number of hydrogen-bond acceptors (Lipinski definition) is 3. The third-order valence-electron chi connectivity index (χ3n) is 4.02. The maximum Gasteiger partial charge on any atom is 0.173 e. The Balaban J connectivity index is 1.60. The van der Waals surface area contributed by atoms with Crippen LogP contribution in [0.5, 0.6) is 0 Å². The molecule has 0 saturated carbocycles. The number of thiocarbonyl (C=S) groups is 1. The fraction of sp³-hybridized carbons (Fsp3) is 0.278. The van der Waals surface area contributed by atoms with Crippen molar-refractivity contribution in [2.45, 2.75) is 26.6 Å². The van der Waals surface area contributed by atoms with E-state index in [2.05, 4.69) is 38.4 Å². The van der Waals surface area contributed by atoms with Gasteiger partial charge in [0.05, 0.1) is 35.1 Å².